The maximum atomic E-state index is 13.2. The fourth-order valence-electron chi connectivity index (χ4n) is 3.87. The van der Waals surface area contributed by atoms with Gasteiger partial charge in [-0.05, 0) is 48.7 Å². The third kappa shape index (κ3) is 4.72. The third-order valence-corrected chi connectivity index (χ3v) is 7.79. The van der Waals surface area contributed by atoms with Crippen molar-refractivity contribution >= 4 is 27.5 Å². The lowest BCUT2D eigenvalue weighted by Crippen LogP contribution is -2.36. The molecule has 168 valence electrons. The van der Waals surface area contributed by atoms with Crippen molar-refractivity contribution in [2.75, 3.05) is 13.1 Å². The summed E-state index contributed by atoms with van der Waals surface area (Å²) >= 11 is 6.03. The molecule has 0 spiro atoms. The fraction of sp³-hybridized carbons (Fsp3) is 0.304. The number of aromatic nitrogens is 2. The van der Waals surface area contributed by atoms with E-state index < -0.39 is 16.1 Å². The molecule has 1 aliphatic heterocycles. The average Bonchev–Trinajstić information content (AvgIpc) is 3.24. The highest BCUT2D eigenvalue weighted by molar-refractivity contribution is 7.89. The minimum atomic E-state index is -3.63. The van der Waals surface area contributed by atoms with Gasteiger partial charge in [0.15, 0.2) is 0 Å². The highest BCUT2D eigenvalue weighted by Crippen LogP contribution is 2.24. The molecule has 9 heteroatoms. The Kier molecular flexibility index (Phi) is 6.64. The molecule has 7 nitrogen and oxygen atoms in total. The minimum absolute atomic E-state index is 0.132. The summed E-state index contributed by atoms with van der Waals surface area (Å²) in [5, 5.41) is 3.59. The quantitative estimate of drug-likeness (QED) is 0.592. The lowest BCUT2D eigenvalue weighted by atomic mass is 10.1. The van der Waals surface area contributed by atoms with E-state index in [0.717, 1.165) is 24.8 Å². The van der Waals surface area contributed by atoms with Crippen LogP contribution in [0.15, 0.2) is 65.8 Å². The number of benzene rings is 2. The van der Waals surface area contributed by atoms with E-state index in [-0.39, 0.29) is 16.4 Å². The SMILES string of the molecule is Cn1ccnc1C(NC(=O)c1cccc(S(=O)(=O)N2CCCCC2)c1)c1ccc(Cl)cc1. The van der Waals surface area contributed by atoms with Gasteiger partial charge >= 0.3 is 0 Å². The van der Waals surface area contributed by atoms with Crippen LogP contribution >= 0.6 is 11.6 Å². The Balaban J connectivity index is 1.62. The van der Waals surface area contributed by atoms with Gasteiger partial charge in [0.2, 0.25) is 10.0 Å². The van der Waals surface area contributed by atoms with Gasteiger partial charge in [0.25, 0.3) is 5.91 Å². The standard InChI is InChI=1S/C23H25ClN4O3S/c1-27-15-12-25-22(27)21(17-8-10-19(24)11-9-17)26-23(29)18-6-5-7-20(16-18)32(30,31)28-13-3-2-4-14-28/h5-12,15-16,21H,2-4,13-14H2,1H3,(H,26,29). The van der Waals surface area contributed by atoms with Gasteiger partial charge in [-0.1, -0.05) is 36.2 Å². The molecule has 1 fully saturated rings. The lowest BCUT2D eigenvalue weighted by Gasteiger charge is -2.26. The van der Waals surface area contributed by atoms with E-state index in [1.165, 1.54) is 16.4 Å². The Bertz CT molecular complexity index is 1200. The highest BCUT2D eigenvalue weighted by atomic mass is 35.5. The van der Waals surface area contributed by atoms with Crippen LogP contribution in [0.1, 0.15) is 47.1 Å². The van der Waals surface area contributed by atoms with Gasteiger partial charge < -0.3 is 9.88 Å². The first kappa shape index (κ1) is 22.5. The second kappa shape index (κ2) is 9.44. The molecule has 0 aliphatic carbocycles. The number of piperidine rings is 1. The number of nitrogens with one attached hydrogen (secondary N) is 1. The number of imidazole rings is 1. The first-order chi connectivity index (χ1) is 15.4. The molecule has 1 amide bonds. The summed E-state index contributed by atoms with van der Waals surface area (Å²) < 4.78 is 29.4. The average molecular weight is 473 g/mol. The number of halogens is 1. The predicted molar refractivity (Wildman–Crippen MR) is 123 cm³/mol. The monoisotopic (exact) mass is 472 g/mol. The number of nitrogens with zero attached hydrogens (tertiary/aromatic N) is 3. The molecule has 3 aromatic rings. The van der Waals surface area contributed by atoms with Crippen molar-refractivity contribution < 1.29 is 13.2 Å². The van der Waals surface area contributed by atoms with Crippen LogP contribution in [0.2, 0.25) is 5.02 Å². The summed E-state index contributed by atoms with van der Waals surface area (Å²) in [6.07, 6.45) is 6.21. The van der Waals surface area contributed by atoms with Crippen LogP contribution in [-0.2, 0) is 17.1 Å². The van der Waals surface area contributed by atoms with Gasteiger partial charge in [0.05, 0.1) is 4.90 Å². The van der Waals surface area contributed by atoms with E-state index in [1.54, 1.807) is 36.7 Å². The van der Waals surface area contributed by atoms with Crippen molar-refractivity contribution in [2.45, 2.75) is 30.2 Å². The van der Waals surface area contributed by atoms with Crippen molar-refractivity contribution in [3.05, 3.63) is 82.9 Å². The van der Waals surface area contributed by atoms with Crippen molar-refractivity contribution in [3.8, 4) is 0 Å². The van der Waals surface area contributed by atoms with E-state index in [4.69, 9.17) is 11.6 Å². The van der Waals surface area contributed by atoms with Gasteiger partial charge in [-0.15, -0.1) is 0 Å². The summed E-state index contributed by atoms with van der Waals surface area (Å²) in [5.74, 6) is 0.265. The zero-order chi connectivity index (χ0) is 22.7. The van der Waals surface area contributed by atoms with Crippen LogP contribution in [0.5, 0.6) is 0 Å². The van der Waals surface area contributed by atoms with Crippen molar-refractivity contribution in [1.82, 2.24) is 19.2 Å². The second-order valence-electron chi connectivity index (χ2n) is 7.85. The normalized spacial score (nSPS) is 15.9. The molecule has 2 aromatic carbocycles. The van der Waals surface area contributed by atoms with Crippen LogP contribution in [0.3, 0.4) is 0 Å². The van der Waals surface area contributed by atoms with Crippen LogP contribution in [0.25, 0.3) is 0 Å². The van der Waals surface area contributed by atoms with E-state index in [2.05, 4.69) is 10.3 Å². The number of sulfonamides is 1. The van der Waals surface area contributed by atoms with Crippen LogP contribution in [0, 0.1) is 0 Å². The van der Waals surface area contributed by atoms with E-state index in [9.17, 15) is 13.2 Å². The Labute approximate surface area is 193 Å². The molecule has 1 saturated heterocycles. The lowest BCUT2D eigenvalue weighted by molar-refractivity contribution is 0.0941. The highest BCUT2D eigenvalue weighted by Gasteiger charge is 2.27. The molecule has 1 aromatic heterocycles. The Hall–Kier alpha value is -2.68. The predicted octanol–water partition coefficient (Wildman–Crippen LogP) is 3.77. The Morgan fingerprint density at radius 3 is 2.47 bits per heavy atom. The Morgan fingerprint density at radius 2 is 1.81 bits per heavy atom. The molecule has 0 bridgehead atoms. The maximum Gasteiger partial charge on any atom is 0.252 e. The molecule has 1 atom stereocenters. The number of aryl methyl sites for hydroxylation is 1. The van der Waals surface area contributed by atoms with Gasteiger partial charge in [-0.2, -0.15) is 4.31 Å². The van der Waals surface area contributed by atoms with Gasteiger partial charge in [-0.25, -0.2) is 13.4 Å². The number of carbonyl (C=O) groups excluding carboxylic acids is 1. The van der Waals surface area contributed by atoms with Crippen LogP contribution in [0.4, 0.5) is 0 Å². The van der Waals surface area contributed by atoms with Gasteiger partial charge in [-0.3, -0.25) is 4.79 Å². The number of carbonyl (C=O) groups is 1. The topological polar surface area (TPSA) is 84.3 Å². The third-order valence-electron chi connectivity index (χ3n) is 5.64. The largest absolute Gasteiger partial charge is 0.338 e. The van der Waals surface area contributed by atoms with Crippen LogP contribution in [-0.4, -0.2) is 41.3 Å². The Morgan fingerprint density at radius 1 is 1.09 bits per heavy atom. The smallest absolute Gasteiger partial charge is 0.252 e. The molecule has 32 heavy (non-hydrogen) atoms. The molecule has 1 unspecified atom stereocenters. The summed E-state index contributed by atoms with van der Waals surface area (Å²) in [6.45, 7) is 1.02. The van der Waals surface area contributed by atoms with Crippen molar-refractivity contribution in [2.24, 2.45) is 7.05 Å². The number of rotatable bonds is 6. The summed E-state index contributed by atoms with van der Waals surface area (Å²) in [5.41, 5.74) is 1.09. The number of hydrogen-bond donors (Lipinski definition) is 1. The zero-order valence-electron chi connectivity index (χ0n) is 17.7. The van der Waals surface area contributed by atoms with Crippen molar-refractivity contribution in [1.29, 1.82) is 0 Å². The van der Waals surface area contributed by atoms with E-state index in [0.29, 0.717) is 23.9 Å². The first-order valence-corrected chi connectivity index (χ1v) is 12.3. The fourth-order valence-corrected chi connectivity index (χ4v) is 5.56. The molecule has 4 rings (SSSR count). The van der Waals surface area contributed by atoms with E-state index in [1.807, 2.05) is 23.7 Å². The molecule has 0 radical (unpaired) electrons. The summed E-state index contributed by atoms with van der Waals surface area (Å²) in [4.78, 5) is 17.7. The molecular weight excluding hydrogens is 448 g/mol. The minimum Gasteiger partial charge on any atom is -0.338 e. The van der Waals surface area contributed by atoms with Crippen molar-refractivity contribution in [3.63, 3.8) is 0 Å². The summed E-state index contributed by atoms with van der Waals surface area (Å²) in [7, 11) is -1.78. The molecule has 2 heterocycles. The molecular formula is C23H25ClN4O3S. The van der Waals surface area contributed by atoms with E-state index >= 15 is 0 Å². The van der Waals surface area contributed by atoms with Crippen LogP contribution < -0.4 is 5.32 Å². The molecule has 1 aliphatic rings. The zero-order valence-corrected chi connectivity index (χ0v) is 19.3. The number of hydrogen-bond acceptors (Lipinski definition) is 4. The molecule has 1 N–H and O–H groups in total. The van der Waals surface area contributed by atoms with Gasteiger partial charge in [0.1, 0.15) is 11.9 Å². The maximum absolute atomic E-state index is 13.2. The summed E-state index contributed by atoms with van der Waals surface area (Å²) in [6, 6.07) is 12.8. The first-order valence-electron chi connectivity index (χ1n) is 10.5. The number of amides is 1. The second-order valence-corrected chi connectivity index (χ2v) is 10.2. The van der Waals surface area contributed by atoms with Gasteiger partial charge in [0, 0.05) is 43.1 Å². The molecule has 0 saturated carbocycles.